The summed E-state index contributed by atoms with van der Waals surface area (Å²) in [5, 5.41) is 1.75. The van der Waals surface area contributed by atoms with E-state index in [2.05, 4.69) is 112 Å². The monoisotopic (exact) mass is 843 g/mol. The van der Waals surface area contributed by atoms with Crippen LogP contribution in [0.5, 0.6) is 0 Å². The Labute approximate surface area is 312 Å². The number of hydrogen-bond acceptors (Lipinski definition) is 1. The minimum absolute atomic E-state index is 0. The Hall–Kier alpha value is -0.335. The predicted molar refractivity (Wildman–Crippen MR) is 198 cm³/mol. The number of halogens is 1. The van der Waals surface area contributed by atoms with Gasteiger partial charge in [-0.3, -0.25) is 0 Å². The topological polar surface area (TPSA) is 26.0 Å². The molecule has 0 aliphatic heterocycles. The summed E-state index contributed by atoms with van der Waals surface area (Å²) in [5.74, 6) is 1.64. The molecule has 5 heteroatoms. The Morgan fingerprint density at radius 1 is 0.739 bits per heavy atom. The first-order valence-corrected chi connectivity index (χ1v) is 21.1. The Morgan fingerprint density at radius 2 is 1.24 bits per heavy atom. The molecule has 0 unspecified atom stereocenters. The van der Waals surface area contributed by atoms with Gasteiger partial charge in [0.15, 0.2) is 0 Å². The molecule has 0 atom stereocenters. The minimum Gasteiger partial charge on any atom is 0 e. The summed E-state index contributed by atoms with van der Waals surface area (Å²) < 4.78 is 0. The Morgan fingerprint density at radius 3 is 1.67 bits per heavy atom. The van der Waals surface area contributed by atoms with Gasteiger partial charge in [0.05, 0.1) is 0 Å². The quantitative estimate of drug-likeness (QED) is 0.130. The van der Waals surface area contributed by atoms with E-state index in [0.717, 1.165) is 17.7 Å². The van der Waals surface area contributed by atoms with Crippen molar-refractivity contribution in [2.45, 2.75) is 141 Å². The van der Waals surface area contributed by atoms with E-state index in [0.29, 0.717) is 24.3 Å². The maximum absolute atomic E-state index is 5.34. The van der Waals surface area contributed by atoms with Gasteiger partial charge in [-0.15, -0.1) is 0 Å². The Bertz CT molecular complexity index is 1200. The summed E-state index contributed by atoms with van der Waals surface area (Å²) >= 11 is 2.22. The second-order valence-corrected chi connectivity index (χ2v) is 16.7. The van der Waals surface area contributed by atoms with Crippen LogP contribution in [-0.2, 0) is 45.0 Å². The van der Waals surface area contributed by atoms with E-state index in [9.17, 15) is 0 Å². The van der Waals surface area contributed by atoms with E-state index in [1.165, 1.54) is 75.3 Å². The summed E-state index contributed by atoms with van der Waals surface area (Å²) in [4.78, 5) is 0. The van der Waals surface area contributed by atoms with E-state index in [1.807, 2.05) is 24.3 Å². The molecule has 5 rings (SSSR count). The van der Waals surface area contributed by atoms with Gasteiger partial charge in [-0.1, -0.05) is 124 Å². The van der Waals surface area contributed by atoms with Gasteiger partial charge in [0.25, 0.3) is 0 Å². The molecule has 0 heterocycles. The van der Waals surface area contributed by atoms with Gasteiger partial charge in [0, 0.05) is 20.4 Å². The summed E-state index contributed by atoms with van der Waals surface area (Å²) in [5.41, 5.74) is 16.2. The Kier molecular flexibility index (Phi) is 20.4. The summed E-state index contributed by atoms with van der Waals surface area (Å²) in [7, 11) is 4.37. The largest absolute Gasteiger partial charge is 0 e. The number of nitrogens with two attached hydrogens (primary N) is 1. The number of benzene rings is 3. The molecule has 260 valence electrons. The summed E-state index contributed by atoms with van der Waals surface area (Å²) in [6.45, 7) is 15.0. The number of rotatable bonds is 9. The smallest absolute Gasteiger partial charge is 0 e. The van der Waals surface area contributed by atoms with Crippen molar-refractivity contribution in [3.63, 3.8) is 0 Å². The van der Waals surface area contributed by atoms with Gasteiger partial charge in [-0.05, 0) is 101 Å². The molecule has 0 amide bonds. The molecule has 3 aromatic rings. The van der Waals surface area contributed by atoms with Crippen molar-refractivity contribution in [3.05, 3.63) is 89.0 Å². The molecule has 2 fully saturated rings. The molecule has 0 spiro atoms. The second kappa shape index (κ2) is 22.4. The van der Waals surface area contributed by atoms with E-state index < -0.39 is 0 Å². The van der Waals surface area contributed by atoms with E-state index >= 15 is 0 Å². The van der Waals surface area contributed by atoms with Crippen LogP contribution in [0, 0.1) is 6.07 Å². The predicted octanol–water partition coefficient (Wildman–Crippen LogP) is 12.2. The van der Waals surface area contributed by atoms with Gasteiger partial charge in [0.2, 0.25) is 0 Å². The van der Waals surface area contributed by atoms with Gasteiger partial charge >= 0.3 is 27.7 Å². The van der Waals surface area contributed by atoms with Crippen molar-refractivity contribution in [1.29, 1.82) is 0 Å². The maximum atomic E-state index is 5.34. The summed E-state index contributed by atoms with van der Waals surface area (Å²) in [6, 6.07) is 25.8. The second-order valence-electron chi connectivity index (χ2n) is 14.0. The zero-order valence-corrected chi connectivity index (χ0v) is 33.9. The van der Waals surface area contributed by atoms with Crippen LogP contribution in [0.25, 0.3) is 11.1 Å². The SMILES string of the molecule is CC(C)c1cc(C(C)C)c(-c2ccccc2P(C2CCCCC2)C2CCCCC2)c(C(C)C)c1.NCCc1[c-]cccc1.[Cl][Pd+].[Pd]. The van der Waals surface area contributed by atoms with Crippen molar-refractivity contribution < 1.29 is 38.6 Å². The molecule has 46 heavy (non-hydrogen) atoms. The van der Waals surface area contributed by atoms with Crippen LogP contribution in [0.1, 0.15) is 146 Å². The molecular weight excluding hydrogens is 786 g/mol. The van der Waals surface area contributed by atoms with Crippen LogP contribution >= 0.6 is 17.5 Å². The molecular formula is C41H59ClNPPd2. The average molecular weight is 845 g/mol. The zero-order valence-electron chi connectivity index (χ0n) is 29.2. The first-order chi connectivity index (χ1) is 21.8. The molecule has 2 aliphatic rings. The molecule has 0 bridgehead atoms. The van der Waals surface area contributed by atoms with Crippen LogP contribution in [0.2, 0.25) is 0 Å². The van der Waals surface area contributed by atoms with Crippen LogP contribution in [0.3, 0.4) is 0 Å². The third-order valence-electron chi connectivity index (χ3n) is 9.71. The minimum atomic E-state index is -0.120. The van der Waals surface area contributed by atoms with Crippen LogP contribution < -0.4 is 11.0 Å². The zero-order chi connectivity index (χ0) is 32.8. The molecule has 1 nitrogen and oxygen atoms in total. The van der Waals surface area contributed by atoms with E-state index in [1.54, 1.807) is 27.6 Å². The standard InChI is InChI=1S/C33H49P.C8H10N.ClH.2Pd/c1-23(2)26-21-30(24(3)4)33(31(22-26)25(5)6)29-19-13-14-20-32(29)34(27-15-9-7-10-16-27)28-17-11-8-12-18-28;9-7-6-8-4-2-1-3-5-8;;;/h13-14,19-25,27-28H,7-12,15-18H2,1-6H3;1-4H,6-7,9H2;1H;;/q;-1;;;+2/p-1. The first kappa shape index (κ1) is 41.8. The van der Waals surface area contributed by atoms with Crippen molar-refractivity contribution in [3.8, 4) is 11.1 Å². The fraction of sp³-hybridized carbons (Fsp3) is 0.561. The molecule has 3 aromatic carbocycles. The fourth-order valence-corrected chi connectivity index (χ4v) is 11.3. The van der Waals surface area contributed by atoms with Crippen LogP contribution in [0.4, 0.5) is 0 Å². The van der Waals surface area contributed by atoms with Gasteiger partial charge in [-0.2, -0.15) is 35.9 Å². The molecule has 2 saturated carbocycles. The maximum Gasteiger partial charge on any atom is 0 e. The van der Waals surface area contributed by atoms with Crippen molar-refractivity contribution >= 4 is 22.8 Å². The van der Waals surface area contributed by atoms with Crippen molar-refractivity contribution in [2.75, 3.05) is 6.54 Å². The van der Waals surface area contributed by atoms with Crippen LogP contribution in [0.15, 0.2) is 60.7 Å². The molecule has 0 radical (unpaired) electrons. The van der Waals surface area contributed by atoms with E-state index in [4.69, 9.17) is 5.73 Å². The third kappa shape index (κ3) is 11.9. The normalized spacial score (nSPS) is 15.7. The fourth-order valence-electron chi connectivity index (χ4n) is 7.33. The molecule has 2 aliphatic carbocycles. The van der Waals surface area contributed by atoms with Gasteiger partial charge in [0.1, 0.15) is 0 Å². The molecule has 0 aromatic heterocycles. The average Bonchev–Trinajstić information content (AvgIpc) is 3.07. The molecule has 2 N–H and O–H groups in total. The third-order valence-corrected chi connectivity index (χ3v) is 13.3. The number of hydrogen-bond donors (Lipinski definition) is 1. The summed E-state index contributed by atoms with van der Waals surface area (Å²) in [6.07, 6.45) is 15.5. The van der Waals surface area contributed by atoms with Crippen molar-refractivity contribution in [1.82, 2.24) is 0 Å². The van der Waals surface area contributed by atoms with Crippen LogP contribution in [-0.4, -0.2) is 17.9 Å². The molecule has 0 saturated heterocycles. The van der Waals surface area contributed by atoms with Gasteiger partial charge in [-0.25, -0.2) is 0 Å². The Balaban J connectivity index is 0.000000525. The van der Waals surface area contributed by atoms with E-state index in [-0.39, 0.29) is 28.3 Å². The first-order valence-electron chi connectivity index (χ1n) is 17.6. The van der Waals surface area contributed by atoms with Gasteiger partial charge < -0.3 is 5.73 Å². The van der Waals surface area contributed by atoms with Crippen molar-refractivity contribution in [2.24, 2.45) is 5.73 Å².